The normalized spacial score (nSPS) is 12.4. The predicted molar refractivity (Wildman–Crippen MR) is 80.2 cm³/mol. The van der Waals surface area contributed by atoms with Gasteiger partial charge in [-0.2, -0.15) is 0 Å². The Bertz CT molecular complexity index is 581. The molecule has 1 unspecified atom stereocenters. The zero-order valence-corrected chi connectivity index (χ0v) is 12.3. The molecule has 2 rings (SSSR count). The minimum Gasteiger partial charge on any atom is -0.310 e. The smallest absolute Gasteiger partial charge is 0.128 e. The van der Waals surface area contributed by atoms with Crippen molar-refractivity contribution in [1.29, 1.82) is 0 Å². The quantitative estimate of drug-likeness (QED) is 0.897. The first-order chi connectivity index (χ1) is 9.61. The number of pyridine rings is 1. The lowest BCUT2D eigenvalue weighted by Crippen LogP contribution is -2.24. The number of aryl methyl sites for hydroxylation is 2. The number of aromatic nitrogens is 1. The third-order valence-corrected chi connectivity index (χ3v) is 3.49. The van der Waals surface area contributed by atoms with Crippen LogP contribution in [0.5, 0.6) is 0 Å². The minimum atomic E-state index is -0.157. The molecule has 1 aromatic carbocycles. The maximum Gasteiger partial charge on any atom is 0.128 e. The SMILES string of the molecule is CCNC(Cc1ncccc1C)c1cc(C)ccc1F. The van der Waals surface area contributed by atoms with Crippen LogP contribution in [0.15, 0.2) is 36.5 Å². The molecule has 0 spiro atoms. The summed E-state index contributed by atoms with van der Waals surface area (Å²) in [4.78, 5) is 4.42. The number of nitrogens with one attached hydrogen (secondary N) is 1. The number of halogens is 1. The second kappa shape index (κ2) is 6.62. The van der Waals surface area contributed by atoms with Gasteiger partial charge in [-0.3, -0.25) is 4.98 Å². The van der Waals surface area contributed by atoms with Crippen molar-refractivity contribution in [2.24, 2.45) is 0 Å². The third kappa shape index (κ3) is 3.42. The molecule has 1 heterocycles. The van der Waals surface area contributed by atoms with E-state index in [2.05, 4.69) is 10.3 Å². The zero-order chi connectivity index (χ0) is 14.5. The van der Waals surface area contributed by atoms with Gasteiger partial charge in [-0.1, -0.05) is 30.7 Å². The fourth-order valence-corrected chi connectivity index (χ4v) is 2.39. The number of nitrogens with zero attached hydrogens (tertiary/aromatic N) is 1. The van der Waals surface area contributed by atoms with Crippen molar-refractivity contribution in [3.8, 4) is 0 Å². The number of hydrogen-bond donors (Lipinski definition) is 1. The van der Waals surface area contributed by atoms with Crippen molar-refractivity contribution in [1.82, 2.24) is 10.3 Å². The van der Waals surface area contributed by atoms with E-state index >= 15 is 0 Å². The molecule has 20 heavy (non-hydrogen) atoms. The van der Waals surface area contributed by atoms with Crippen LogP contribution in [0.2, 0.25) is 0 Å². The standard InChI is InChI=1S/C17H21FN2/c1-4-19-17(11-16-13(3)6-5-9-20-16)14-10-12(2)7-8-15(14)18/h5-10,17,19H,4,11H2,1-3H3. The third-order valence-electron chi connectivity index (χ3n) is 3.49. The van der Waals surface area contributed by atoms with E-state index in [1.807, 2.05) is 39.0 Å². The number of hydrogen-bond acceptors (Lipinski definition) is 2. The van der Waals surface area contributed by atoms with Crippen LogP contribution in [0.25, 0.3) is 0 Å². The summed E-state index contributed by atoms with van der Waals surface area (Å²) in [6.07, 6.45) is 2.48. The monoisotopic (exact) mass is 272 g/mol. The van der Waals surface area contributed by atoms with E-state index in [4.69, 9.17) is 0 Å². The van der Waals surface area contributed by atoms with Crippen LogP contribution >= 0.6 is 0 Å². The lowest BCUT2D eigenvalue weighted by atomic mass is 9.97. The first-order valence-corrected chi connectivity index (χ1v) is 7.01. The van der Waals surface area contributed by atoms with Crippen molar-refractivity contribution >= 4 is 0 Å². The van der Waals surface area contributed by atoms with Gasteiger partial charge >= 0.3 is 0 Å². The maximum absolute atomic E-state index is 14.1. The molecule has 1 N–H and O–H groups in total. The fourth-order valence-electron chi connectivity index (χ4n) is 2.39. The van der Waals surface area contributed by atoms with Crippen molar-refractivity contribution in [3.05, 3.63) is 64.7 Å². The summed E-state index contributed by atoms with van der Waals surface area (Å²) in [6, 6.07) is 9.18. The molecule has 0 amide bonds. The van der Waals surface area contributed by atoms with Gasteiger partial charge < -0.3 is 5.32 Å². The Labute approximate surface area is 120 Å². The molecule has 1 atom stereocenters. The maximum atomic E-state index is 14.1. The molecule has 3 heteroatoms. The molecular weight excluding hydrogens is 251 g/mol. The van der Waals surface area contributed by atoms with Gasteiger partial charge in [0.25, 0.3) is 0 Å². The lowest BCUT2D eigenvalue weighted by molar-refractivity contribution is 0.505. The highest BCUT2D eigenvalue weighted by Crippen LogP contribution is 2.23. The highest BCUT2D eigenvalue weighted by atomic mass is 19.1. The van der Waals surface area contributed by atoms with Crippen molar-refractivity contribution in [2.75, 3.05) is 6.54 Å². The van der Waals surface area contributed by atoms with Crippen molar-refractivity contribution in [3.63, 3.8) is 0 Å². The van der Waals surface area contributed by atoms with Crippen LogP contribution in [0.4, 0.5) is 4.39 Å². The molecule has 0 aliphatic heterocycles. The van der Waals surface area contributed by atoms with Crippen LogP contribution < -0.4 is 5.32 Å². The Balaban J connectivity index is 2.32. The molecule has 0 saturated heterocycles. The second-order valence-corrected chi connectivity index (χ2v) is 5.11. The molecule has 0 aliphatic carbocycles. The molecule has 1 aromatic heterocycles. The van der Waals surface area contributed by atoms with Gasteiger partial charge in [0.1, 0.15) is 5.82 Å². The molecular formula is C17H21FN2. The molecule has 2 aromatic rings. The van der Waals surface area contributed by atoms with E-state index in [1.165, 1.54) is 0 Å². The number of benzene rings is 1. The van der Waals surface area contributed by atoms with Crippen LogP contribution in [0.1, 0.15) is 35.3 Å². The van der Waals surface area contributed by atoms with Gasteiger partial charge in [-0.15, -0.1) is 0 Å². The first kappa shape index (κ1) is 14.7. The molecule has 2 nitrogen and oxygen atoms in total. The average Bonchev–Trinajstić information content (AvgIpc) is 2.43. The molecule has 0 fully saturated rings. The van der Waals surface area contributed by atoms with E-state index in [9.17, 15) is 4.39 Å². The summed E-state index contributed by atoms with van der Waals surface area (Å²) >= 11 is 0. The summed E-state index contributed by atoms with van der Waals surface area (Å²) < 4.78 is 14.1. The Morgan fingerprint density at radius 1 is 1.25 bits per heavy atom. The fraction of sp³-hybridized carbons (Fsp3) is 0.353. The zero-order valence-electron chi connectivity index (χ0n) is 12.3. The van der Waals surface area contributed by atoms with E-state index < -0.39 is 0 Å². The topological polar surface area (TPSA) is 24.9 Å². The van der Waals surface area contributed by atoms with Crippen LogP contribution in [0, 0.1) is 19.7 Å². The molecule has 0 bridgehead atoms. The summed E-state index contributed by atoms with van der Waals surface area (Å²) in [7, 11) is 0. The summed E-state index contributed by atoms with van der Waals surface area (Å²) in [5.41, 5.74) is 3.95. The van der Waals surface area contributed by atoms with Gasteiger partial charge in [0.15, 0.2) is 0 Å². The Hall–Kier alpha value is -1.74. The molecule has 0 aliphatic rings. The predicted octanol–water partition coefficient (Wildman–Crippen LogP) is 3.73. The van der Waals surface area contributed by atoms with E-state index in [1.54, 1.807) is 18.3 Å². The molecule has 0 saturated carbocycles. The van der Waals surface area contributed by atoms with Crippen LogP contribution in [-0.2, 0) is 6.42 Å². The summed E-state index contributed by atoms with van der Waals surface area (Å²) in [5, 5.41) is 3.36. The summed E-state index contributed by atoms with van der Waals surface area (Å²) in [6.45, 7) is 6.85. The number of likely N-dealkylation sites (N-methyl/N-ethyl adjacent to an activating group) is 1. The average molecular weight is 272 g/mol. The minimum absolute atomic E-state index is 0.0477. The van der Waals surface area contributed by atoms with Gasteiger partial charge in [0.2, 0.25) is 0 Å². The van der Waals surface area contributed by atoms with Gasteiger partial charge in [0.05, 0.1) is 0 Å². The van der Waals surface area contributed by atoms with E-state index in [-0.39, 0.29) is 11.9 Å². The van der Waals surface area contributed by atoms with Gasteiger partial charge in [0, 0.05) is 29.9 Å². The Kier molecular flexibility index (Phi) is 4.85. The van der Waals surface area contributed by atoms with Crippen LogP contribution in [0.3, 0.4) is 0 Å². The van der Waals surface area contributed by atoms with E-state index in [0.29, 0.717) is 6.42 Å². The summed E-state index contributed by atoms with van der Waals surface area (Å²) in [5.74, 6) is -0.157. The van der Waals surface area contributed by atoms with E-state index in [0.717, 1.165) is 28.9 Å². The highest BCUT2D eigenvalue weighted by Gasteiger charge is 2.17. The second-order valence-electron chi connectivity index (χ2n) is 5.11. The van der Waals surface area contributed by atoms with Crippen LogP contribution in [-0.4, -0.2) is 11.5 Å². The Morgan fingerprint density at radius 2 is 2.05 bits per heavy atom. The largest absolute Gasteiger partial charge is 0.310 e. The number of rotatable bonds is 5. The van der Waals surface area contributed by atoms with Crippen molar-refractivity contribution in [2.45, 2.75) is 33.2 Å². The molecule has 0 radical (unpaired) electrons. The van der Waals surface area contributed by atoms with Gasteiger partial charge in [-0.25, -0.2) is 4.39 Å². The Morgan fingerprint density at radius 3 is 2.75 bits per heavy atom. The first-order valence-electron chi connectivity index (χ1n) is 7.01. The van der Waals surface area contributed by atoms with Gasteiger partial charge in [-0.05, 0) is 38.1 Å². The highest BCUT2D eigenvalue weighted by molar-refractivity contribution is 5.29. The lowest BCUT2D eigenvalue weighted by Gasteiger charge is -2.20. The molecule has 106 valence electrons. The van der Waals surface area contributed by atoms with Crippen molar-refractivity contribution < 1.29 is 4.39 Å².